The van der Waals surface area contributed by atoms with Crippen LogP contribution in [0, 0.1) is 12.8 Å². The molecule has 3 nitrogen and oxygen atoms in total. The van der Waals surface area contributed by atoms with Crippen LogP contribution in [0.25, 0.3) is 0 Å². The number of ketones is 1. The Morgan fingerprint density at radius 3 is 2.12 bits per heavy atom. The van der Waals surface area contributed by atoms with Gasteiger partial charge in [-0.1, -0.05) is 103 Å². The van der Waals surface area contributed by atoms with Crippen LogP contribution in [0.15, 0.2) is 78.9 Å². The number of Topliss-reactive ketones (excluding diaryl/α,β-unsaturated/α-hetero) is 1. The summed E-state index contributed by atoms with van der Waals surface area (Å²) in [5.41, 5.74) is 2.05. The van der Waals surface area contributed by atoms with Crippen LogP contribution < -0.4 is 0 Å². The zero-order chi connectivity index (χ0) is 22.6. The summed E-state index contributed by atoms with van der Waals surface area (Å²) < 4.78 is 6.30. The second kappa shape index (κ2) is 9.70. The molecule has 3 aromatic rings. The van der Waals surface area contributed by atoms with Crippen molar-refractivity contribution in [2.24, 2.45) is 5.92 Å². The average Bonchev–Trinajstić information content (AvgIpc) is 3.34. The zero-order valence-electron chi connectivity index (χ0n) is 18.2. The average molecular weight is 447 g/mol. The first-order chi connectivity index (χ1) is 15.5. The molecule has 164 valence electrons. The first kappa shape index (κ1) is 22.3. The molecule has 1 unspecified atom stereocenters. The van der Waals surface area contributed by atoms with Crippen molar-refractivity contribution in [1.29, 1.82) is 0 Å². The molecule has 0 aliphatic heterocycles. The number of aryl methyl sites for hydroxylation is 1. The summed E-state index contributed by atoms with van der Waals surface area (Å²) in [4.78, 5) is 26.0. The lowest BCUT2D eigenvalue weighted by molar-refractivity contribution is -0.155. The van der Waals surface area contributed by atoms with Crippen LogP contribution in [-0.2, 0) is 19.9 Å². The summed E-state index contributed by atoms with van der Waals surface area (Å²) in [5.74, 6) is -0.600. The minimum atomic E-state index is -1.26. The lowest BCUT2D eigenvalue weighted by atomic mass is 9.79. The highest BCUT2D eigenvalue weighted by atomic mass is 35.5. The maximum atomic E-state index is 13.2. The maximum absolute atomic E-state index is 13.2. The number of esters is 1. The third-order valence-corrected chi connectivity index (χ3v) is 6.62. The van der Waals surface area contributed by atoms with Gasteiger partial charge in [0.2, 0.25) is 0 Å². The second-order valence-electron chi connectivity index (χ2n) is 8.49. The van der Waals surface area contributed by atoms with Gasteiger partial charge in [0.25, 0.3) is 0 Å². The van der Waals surface area contributed by atoms with Gasteiger partial charge in [-0.3, -0.25) is 9.59 Å². The maximum Gasteiger partial charge on any atom is 0.314 e. The molecule has 0 radical (unpaired) electrons. The Hall–Kier alpha value is -2.91. The number of carbonyl (C=O) groups excluding carboxylic acids is 2. The molecule has 1 aliphatic carbocycles. The normalized spacial score (nSPS) is 15.8. The molecule has 0 saturated heterocycles. The van der Waals surface area contributed by atoms with Crippen molar-refractivity contribution in [1.82, 2.24) is 0 Å². The number of hydrogen-bond donors (Lipinski definition) is 0. The van der Waals surface area contributed by atoms with E-state index in [9.17, 15) is 9.59 Å². The monoisotopic (exact) mass is 446 g/mol. The number of ether oxygens (including phenoxy) is 1. The van der Waals surface area contributed by atoms with Gasteiger partial charge in [-0.25, -0.2) is 0 Å². The third-order valence-electron chi connectivity index (χ3n) is 6.29. The highest BCUT2D eigenvalue weighted by molar-refractivity contribution is 6.31. The highest BCUT2D eigenvalue weighted by Gasteiger charge is 2.42. The molecule has 1 aliphatic rings. The van der Waals surface area contributed by atoms with E-state index in [1.807, 2.05) is 79.7 Å². The van der Waals surface area contributed by atoms with E-state index >= 15 is 0 Å². The fourth-order valence-electron chi connectivity index (χ4n) is 4.60. The molecule has 4 rings (SSSR count). The molecule has 0 aromatic heterocycles. The van der Waals surface area contributed by atoms with Gasteiger partial charge < -0.3 is 4.74 Å². The van der Waals surface area contributed by atoms with Gasteiger partial charge >= 0.3 is 5.97 Å². The van der Waals surface area contributed by atoms with Crippen molar-refractivity contribution in [3.05, 3.63) is 106 Å². The molecule has 1 atom stereocenters. The Bertz CT molecular complexity index is 1090. The summed E-state index contributed by atoms with van der Waals surface area (Å²) in [7, 11) is 0. The Morgan fingerprint density at radius 2 is 1.47 bits per heavy atom. The van der Waals surface area contributed by atoms with E-state index < -0.39 is 11.6 Å². The second-order valence-corrected chi connectivity index (χ2v) is 8.90. The SMILES string of the molecule is Cc1ccc(C(OC(=O)CC(=O)C2CCCC2)(c2ccccc2)c2ccccc2Cl)cc1. The lowest BCUT2D eigenvalue weighted by Crippen LogP contribution is -2.36. The van der Waals surface area contributed by atoms with E-state index in [2.05, 4.69) is 0 Å². The Kier molecular flexibility index (Phi) is 6.76. The van der Waals surface area contributed by atoms with Crippen molar-refractivity contribution in [3.63, 3.8) is 0 Å². The molecule has 4 heteroatoms. The molecule has 3 aromatic carbocycles. The standard InChI is InChI=1S/C28H27ClO3/c1-20-15-17-23(18-16-20)28(22-11-3-2-4-12-22,24-13-7-8-14-25(24)29)32-27(31)19-26(30)21-9-5-6-10-21/h2-4,7-8,11-18,21H,5-6,9-10,19H2,1H3. The van der Waals surface area contributed by atoms with Crippen molar-refractivity contribution in [2.75, 3.05) is 0 Å². The molecule has 0 heterocycles. The zero-order valence-corrected chi connectivity index (χ0v) is 19.0. The number of benzene rings is 3. The molecule has 0 N–H and O–H groups in total. The lowest BCUT2D eigenvalue weighted by Gasteiger charge is -2.36. The van der Waals surface area contributed by atoms with Crippen LogP contribution in [0.3, 0.4) is 0 Å². The minimum absolute atomic E-state index is 0.0301. The van der Waals surface area contributed by atoms with E-state index in [-0.39, 0.29) is 18.1 Å². The number of hydrogen-bond acceptors (Lipinski definition) is 3. The van der Waals surface area contributed by atoms with Crippen LogP contribution in [0.1, 0.15) is 54.4 Å². The Morgan fingerprint density at radius 1 is 0.875 bits per heavy atom. The fourth-order valence-corrected chi connectivity index (χ4v) is 4.87. The summed E-state index contributed by atoms with van der Waals surface area (Å²) in [5, 5.41) is 0.492. The first-order valence-corrected chi connectivity index (χ1v) is 11.5. The summed E-state index contributed by atoms with van der Waals surface area (Å²) in [6.45, 7) is 2.01. The van der Waals surface area contributed by atoms with Crippen molar-refractivity contribution >= 4 is 23.4 Å². The Balaban J connectivity index is 1.82. The van der Waals surface area contributed by atoms with Crippen LogP contribution in [0.4, 0.5) is 0 Å². The fraction of sp³-hybridized carbons (Fsp3) is 0.286. The number of carbonyl (C=O) groups is 2. The quantitative estimate of drug-likeness (QED) is 0.232. The van der Waals surface area contributed by atoms with E-state index in [4.69, 9.17) is 16.3 Å². The number of halogens is 1. The number of rotatable bonds is 7. The van der Waals surface area contributed by atoms with Crippen molar-refractivity contribution in [2.45, 2.75) is 44.6 Å². The molecule has 1 fully saturated rings. The largest absolute Gasteiger partial charge is 0.444 e. The van der Waals surface area contributed by atoms with Crippen LogP contribution >= 0.6 is 11.6 Å². The predicted octanol–water partition coefficient (Wildman–Crippen LogP) is 6.63. The van der Waals surface area contributed by atoms with Crippen molar-refractivity contribution in [3.8, 4) is 0 Å². The summed E-state index contributed by atoms with van der Waals surface area (Å²) in [6.07, 6.45) is 3.58. The van der Waals surface area contributed by atoms with Gasteiger partial charge in [-0.05, 0) is 25.8 Å². The summed E-state index contributed by atoms with van der Waals surface area (Å²) in [6, 6.07) is 24.9. The molecular formula is C28H27ClO3. The minimum Gasteiger partial charge on any atom is -0.444 e. The van der Waals surface area contributed by atoms with Crippen LogP contribution in [-0.4, -0.2) is 11.8 Å². The van der Waals surface area contributed by atoms with Crippen LogP contribution in [0.2, 0.25) is 5.02 Å². The van der Waals surface area contributed by atoms with E-state index in [0.717, 1.165) is 42.4 Å². The van der Waals surface area contributed by atoms with E-state index in [1.54, 1.807) is 6.07 Å². The van der Waals surface area contributed by atoms with Gasteiger partial charge in [-0.15, -0.1) is 0 Å². The van der Waals surface area contributed by atoms with E-state index in [1.165, 1.54) is 0 Å². The van der Waals surface area contributed by atoms with E-state index in [0.29, 0.717) is 10.6 Å². The predicted molar refractivity (Wildman–Crippen MR) is 127 cm³/mol. The first-order valence-electron chi connectivity index (χ1n) is 11.1. The molecule has 0 amide bonds. The molecule has 0 bridgehead atoms. The molecule has 32 heavy (non-hydrogen) atoms. The molecule has 0 spiro atoms. The van der Waals surface area contributed by atoms with Gasteiger partial charge in [0.05, 0.1) is 0 Å². The van der Waals surface area contributed by atoms with Gasteiger partial charge in [0.1, 0.15) is 12.2 Å². The Labute approximate surface area is 194 Å². The summed E-state index contributed by atoms with van der Waals surface area (Å²) >= 11 is 6.67. The van der Waals surface area contributed by atoms with Gasteiger partial charge in [-0.2, -0.15) is 0 Å². The topological polar surface area (TPSA) is 43.4 Å². The van der Waals surface area contributed by atoms with Crippen molar-refractivity contribution < 1.29 is 14.3 Å². The van der Waals surface area contributed by atoms with Gasteiger partial charge in [0, 0.05) is 27.6 Å². The van der Waals surface area contributed by atoms with Crippen LogP contribution in [0.5, 0.6) is 0 Å². The third kappa shape index (κ3) is 4.49. The molecule has 1 saturated carbocycles. The highest BCUT2D eigenvalue weighted by Crippen LogP contribution is 2.44. The molecular weight excluding hydrogens is 420 g/mol. The van der Waals surface area contributed by atoms with Gasteiger partial charge in [0.15, 0.2) is 5.60 Å². The smallest absolute Gasteiger partial charge is 0.314 e.